The van der Waals surface area contributed by atoms with E-state index in [1.807, 2.05) is 0 Å². The van der Waals surface area contributed by atoms with Gasteiger partial charge >= 0.3 is 0 Å². The summed E-state index contributed by atoms with van der Waals surface area (Å²) in [5.74, 6) is 0.557. The van der Waals surface area contributed by atoms with E-state index in [0.717, 1.165) is 19.4 Å². The van der Waals surface area contributed by atoms with Gasteiger partial charge in [-0.3, -0.25) is 10.1 Å². The summed E-state index contributed by atoms with van der Waals surface area (Å²) in [7, 11) is 0. The highest BCUT2D eigenvalue weighted by molar-refractivity contribution is 7.07. The van der Waals surface area contributed by atoms with Gasteiger partial charge < -0.3 is 9.64 Å². The molecular formula is C16H24N2O2S. The lowest BCUT2D eigenvalue weighted by Crippen LogP contribution is -2.45. The normalized spacial score (nSPS) is 33.9. The Morgan fingerprint density at radius 3 is 2.90 bits per heavy atom. The largest absolute Gasteiger partial charge is 0.378 e. The summed E-state index contributed by atoms with van der Waals surface area (Å²) in [5.41, 5.74) is 1.20. The van der Waals surface area contributed by atoms with Crippen LogP contribution in [0.2, 0.25) is 0 Å². The van der Waals surface area contributed by atoms with Crippen molar-refractivity contribution in [3.8, 4) is 0 Å². The van der Waals surface area contributed by atoms with Gasteiger partial charge in [0.25, 0.3) is 0 Å². The third-order valence-electron chi connectivity index (χ3n) is 4.51. The van der Waals surface area contributed by atoms with Crippen molar-refractivity contribution >= 4 is 17.2 Å². The van der Waals surface area contributed by atoms with Gasteiger partial charge in [0.15, 0.2) is 0 Å². The van der Waals surface area contributed by atoms with Gasteiger partial charge in [-0.05, 0) is 48.1 Å². The topological polar surface area (TPSA) is 41.6 Å². The number of nitrogens with zero attached hydrogens (tertiary/aromatic N) is 1. The molecule has 0 saturated carbocycles. The maximum Gasteiger partial charge on any atom is 0.241 e. The van der Waals surface area contributed by atoms with Gasteiger partial charge in [-0.25, -0.2) is 0 Å². The lowest BCUT2D eigenvalue weighted by atomic mass is 10.00. The van der Waals surface area contributed by atoms with Crippen molar-refractivity contribution in [2.75, 3.05) is 6.61 Å². The first-order chi connectivity index (χ1) is 10.1. The molecule has 3 heterocycles. The van der Waals surface area contributed by atoms with E-state index in [9.17, 15) is 4.79 Å². The molecule has 0 bridgehead atoms. The molecular weight excluding hydrogens is 284 g/mol. The highest BCUT2D eigenvalue weighted by atomic mass is 32.1. The van der Waals surface area contributed by atoms with Crippen molar-refractivity contribution in [3.05, 3.63) is 22.4 Å². The minimum Gasteiger partial charge on any atom is -0.378 e. The molecule has 0 aromatic carbocycles. The fourth-order valence-electron chi connectivity index (χ4n) is 3.39. The van der Waals surface area contributed by atoms with Crippen LogP contribution in [0.25, 0.3) is 0 Å². The van der Waals surface area contributed by atoms with E-state index in [0.29, 0.717) is 5.92 Å². The van der Waals surface area contributed by atoms with Crippen LogP contribution in [0.4, 0.5) is 0 Å². The van der Waals surface area contributed by atoms with E-state index in [1.54, 1.807) is 11.3 Å². The highest BCUT2D eigenvalue weighted by Crippen LogP contribution is 2.34. The van der Waals surface area contributed by atoms with Crippen LogP contribution in [0, 0.1) is 5.92 Å². The van der Waals surface area contributed by atoms with Gasteiger partial charge in [0.1, 0.15) is 6.17 Å². The lowest BCUT2D eigenvalue weighted by molar-refractivity contribution is -0.136. The predicted molar refractivity (Wildman–Crippen MR) is 84.1 cm³/mol. The first-order valence-corrected chi connectivity index (χ1v) is 8.74. The standard InChI is InChI=1S/C16H24N2O2S/c1-10(2)14-16(19)18(13-4-6-20-11(3)8-13)15(17-14)12-5-7-21-9-12/h5,7,9-11,13-15,17H,4,6,8H2,1-3H3. The number of carbonyl (C=O) groups excluding carboxylic acids is 1. The van der Waals surface area contributed by atoms with Crippen molar-refractivity contribution in [1.29, 1.82) is 0 Å². The molecule has 2 aliphatic heterocycles. The maximum atomic E-state index is 12.9. The van der Waals surface area contributed by atoms with Crippen LogP contribution in [-0.4, -0.2) is 35.6 Å². The van der Waals surface area contributed by atoms with E-state index in [2.05, 4.69) is 47.8 Å². The second-order valence-corrected chi connectivity index (χ2v) is 7.23. The Bertz CT molecular complexity index is 488. The zero-order chi connectivity index (χ0) is 15.0. The molecule has 5 heteroatoms. The van der Waals surface area contributed by atoms with E-state index in [4.69, 9.17) is 4.74 Å². The number of nitrogens with one attached hydrogen (secondary N) is 1. The minimum absolute atomic E-state index is 0.0199. The number of rotatable bonds is 3. The number of hydrogen-bond donors (Lipinski definition) is 1. The molecule has 3 rings (SSSR count). The fourth-order valence-corrected chi connectivity index (χ4v) is 4.07. The Morgan fingerprint density at radius 1 is 1.48 bits per heavy atom. The van der Waals surface area contributed by atoms with Crippen LogP contribution in [-0.2, 0) is 9.53 Å². The Labute approximate surface area is 130 Å². The summed E-state index contributed by atoms with van der Waals surface area (Å²) in [6.07, 6.45) is 2.12. The summed E-state index contributed by atoms with van der Waals surface area (Å²) in [6, 6.07) is 2.32. The average molecular weight is 308 g/mol. The van der Waals surface area contributed by atoms with Crippen LogP contribution < -0.4 is 5.32 Å². The molecule has 1 aromatic rings. The molecule has 2 aliphatic rings. The first-order valence-electron chi connectivity index (χ1n) is 7.80. The molecule has 116 valence electrons. The molecule has 4 nitrogen and oxygen atoms in total. The molecule has 1 N–H and O–H groups in total. The molecule has 1 amide bonds. The van der Waals surface area contributed by atoms with Crippen LogP contribution in [0.1, 0.15) is 45.3 Å². The van der Waals surface area contributed by atoms with Crippen molar-refractivity contribution in [2.24, 2.45) is 5.92 Å². The molecule has 0 spiro atoms. The molecule has 4 atom stereocenters. The monoisotopic (exact) mass is 308 g/mol. The van der Waals surface area contributed by atoms with E-state index < -0.39 is 0 Å². The van der Waals surface area contributed by atoms with E-state index in [1.165, 1.54) is 5.56 Å². The quantitative estimate of drug-likeness (QED) is 0.933. The van der Waals surface area contributed by atoms with Crippen molar-refractivity contribution in [1.82, 2.24) is 10.2 Å². The Hall–Kier alpha value is -0.910. The van der Waals surface area contributed by atoms with Crippen LogP contribution in [0.15, 0.2) is 16.8 Å². The van der Waals surface area contributed by atoms with Gasteiger partial charge in [-0.1, -0.05) is 13.8 Å². The zero-order valence-corrected chi connectivity index (χ0v) is 13.7. The highest BCUT2D eigenvalue weighted by Gasteiger charge is 2.45. The minimum atomic E-state index is -0.0759. The van der Waals surface area contributed by atoms with E-state index in [-0.39, 0.29) is 30.3 Å². The second kappa shape index (κ2) is 6.07. The molecule has 2 saturated heterocycles. The summed E-state index contributed by atoms with van der Waals surface area (Å²) in [6.45, 7) is 7.06. The number of amides is 1. The number of hydrogen-bond acceptors (Lipinski definition) is 4. The second-order valence-electron chi connectivity index (χ2n) is 6.45. The molecule has 21 heavy (non-hydrogen) atoms. The summed E-state index contributed by atoms with van der Waals surface area (Å²) < 4.78 is 5.65. The van der Waals surface area contributed by atoms with Gasteiger partial charge in [0.05, 0.1) is 12.1 Å². The lowest BCUT2D eigenvalue weighted by Gasteiger charge is -2.37. The van der Waals surface area contributed by atoms with Gasteiger partial charge in [0.2, 0.25) is 5.91 Å². The van der Waals surface area contributed by atoms with Gasteiger partial charge in [0, 0.05) is 12.6 Å². The maximum absolute atomic E-state index is 12.9. The molecule has 0 radical (unpaired) electrons. The number of thiophene rings is 1. The van der Waals surface area contributed by atoms with Crippen LogP contribution in [0.5, 0.6) is 0 Å². The van der Waals surface area contributed by atoms with Gasteiger partial charge in [-0.15, -0.1) is 0 Å². The summed E-state index contributed by atoms with van der Waals surface area (Å²) in [4.78, 5) is 15.0. The first kappa shape index (κ1) is 15.0. The van der Waals surface area contributed by atoms with Crippen LogP contribution >= 0.6 is 11.3 Å². The van der Waals surface area contributed by atoms with E-state index >= 15 is 0 Å². The third-order valence-corrected chi connectivity index (χ3v) is 5.21. The van der Waals surface area contributed by atoms with Crippen molar-refractivity contribution in [3.63, 3.8) is 0 Å². The Morgan fingerprint density at radius 2 is 2.29 bits per heavy atom. The Balaban J connectivity index is 1.87. The van der Waals surface area contributed by atoms with Crippen molar-refractivity contribution < 1.29 is 9.53 Å². The van der Waals surface area contributed by atoms with Crippen molar-refractivity contribution in [2.45, 2.75) is 58.0 Å². The summed E-state index contributed by atoms with van der Waals surface area (Å²) >= 11 is 1.68. The molecule has 0 aliphatic carbocycles. The molecule has 4 unspecified atom stereocenters. The SMILES string of the molecule is CC1CC(N2C(=O)C(C(C)C)NC2c2ccsc2)CCO1. The smallest absolute Gasteiger partial charge is 0.241 e. The Kier molecular flexibility index (Phi) is 4.33. The third kappa shape index (κ3) is 2.87. The molecule has 2 fully saturated rings. The van der Waals surface area contributed by atoms with Crippen LogP contribution in [0.3, 0.4) is 0 Å². The predicted octanol–water partition coefficient (Wildman–Crippen LogP) is 2.77. The fraction of sp³-hybridized carbons (Fsp3) is 0.688. The zero-order valence-electron chi connectivity index (χ0n) is 12.9. The van der Waals surface area contributed by atoms with Gasteiger partial charge in [-0.2, -0.15) is 11.3 Å². The molecule has 1 aromatic heterocycles. The summed E-state index contributed by atoms with van der Waals surface area (Å²) in [5, 5.41) is 7.77. The average Bonchev–Trinajstić information content (AvgIpc) is 3.05. The number of ether oxygens (including phenoxy) is 1. The number of carbonyl (C=O) groups is 1.